The minimum atomic E-state index is -0.339. The van der Waals surface area contributed by atoms with Crippen LogP contribution in [0.3, 0.4) is 0 Å². The fraction of sp³-hybridized carbons (Fsp3) is 0.667. The summed E-state index contributed by atoms with van der Waals surface area (Å²) < 4.78 is 0. The molecule has 0 aliphatic carbocycles. The van der Waals surface area contributed by atoms with Gasteiger partial charge in [-0.25, -0.2) is 0 Å². The van der Waals surface area contributed by atoms with Crippen LogP contribution in [0.2, 0.25) is 0 Å². The van der Waals surface area contributed by atoms with Gasteiger partial charge < -0.3 is 5.11 Å². The quantitative estimate of drug-likeness (QED) is 0.673. The van der Waals surface area contributed by atoms with Gasteiger partial charge in [-0.2, -0.15) is 0 Å². The molecule has 0 amide bonds. The van der Waals surface area contributed by atoms with Gasteiger partial charge in [0.1, 0.15) is 0 Å². The average molecular weight is 270 g/mol. The number of aliphatic hydroxyl groups excluding tert-OH is 1. The summed E-state index contributed by atoms with van der Waals surface area (Å²) in [5.74, 6) is 0.401. The fourth-order valence-electron chi connectivity index (χ4n) is 2.39. The van der Waals surface area contributed by atoms with E-state index in [1.165, 1.54) is 11.3 Å². The molecule has 0 aromatic carbocycles. The van der Waals surface area contributed by atoms with Crippen LogP contribution < -0.4 is 0 Å². The highest BCUT2D eigenvalue weighted by molar-refractivity contribution is 7.13. The van der Waals surface area contributed by atoms with Crippen LogP contribution in [0, 0.1) is 16.0 Å². The predicted molar refractivity (Wildman–Crippen MR) is 70.7 cm³/mol. The summed E-state index contributed by atoms with van der Waals surface area (Å²) in [5.41, 5.74) is 1.02. The highest BCUT2D eigenvalue weighted by Gasteiger charge is 2.23. The van der Waals surface area contributed by atoms with Gasteiger partial charge in [-0.3, -0.25) is 15.0 Å². The van der Waals surface area contributed by atoms with Crippen molar-refractivity contribution in [3.63, 3.8) is 0 Å². The van der Waals surface area contributed by atoms with Crippen molar-refractivity contribution in [3.05, 3.63) is 27.1 Å². The summed E-state index contributed by atoms with van der Waals surface area (Å²) in [6.07, 6.45) is 1.78. The summed E-state index contributed by atoms with van der Waals surface area (Å²) in [6, 6.07) is 1.66. The number of hydrogen-bond acceptors (Lipinski definition) is 5. The third-order valence-corrected chi connectivity index (χ3v) is 4.47. The van der Waals surface area contributed by atoms with Crippen molar-refractivity contribution in [1.82, 2.24) is 4.90 Å². The van der Waals surface area contributed by atoms with E-state index in [0.29, 0.717) is 5.92 Å². The molecule has 2 rings (SSSR count). The highest BCUT2D eigenvalue weighted by atomic mass is 32.1. The number of hydrogen-bond donors (Lipinski definition) is 1. The third kappa shape index (κ3) is 3.28. The molecule has 6 heteroatoms. The summed E-state index contributed by atoms with van der Waals surface area (Å²) >= 11 is 1.19. The van der Waals surface area contributed by atoms with Crippen molar-refractivity contribution in [2.75, 3.05) is 13.1 Å². The maximum atomic E-state index is 10.6. The van der Waals surface area contributed by atoms with Crippen LogP contribution in [0.25, 0.3) is 0 Å². The molecule has 1 N–H and O–H groups in total. The molecule has 0 saturated carbocycles. The van der Waals surface area contributed by atoms with Gasteiger partial charge in [-0.05, 0) is 44.3 Å². The number of piperidine rings is 1. The molecule has 5 nitrogen and oxygen atoms in total. The maximum absolute atomic E-state index is 10.6. The summed E-state index contributed by atoms with van der Waals surface area (Å²) in [7, 11) is 0. The first-order valence-corrected chi connectivity index (χ1v) is 7.06. The normalized spacial score (nSPS) is 19.9. The summed E-state index contributed by atoms with van der Waals surface area (Å²) in [6.45, 7) is 4.54. The number of thiophene rings is 1. The van der Waals surface area contributed by atoms with Gasteiger partial charge in [0.15, 0.2) is 0 Å². The lowest BCUT2D eigenvalue weighted by Gasteiger charge is -2.32. The molecule has 0 spiro atoms. The molecule has 0 radical (unpaired) electrons. The van der Waals surface area contributed by atoms with Crippen molar-refractivity contribution >= 4 is 16.3 Å². The molecule has 1 saturated heterocycles. The first kappa shape index (κ1) is 13.5. The molecule has 1 atom stereocenters. The van der Waals surface area contributed by atoms with Crippen LogP contribution in [0.1, 0.15) is 25.3 Å². The standard InChI is InChI=1S/C12H18N2O3S/c1-9(15)11-2-4-13(5-3-11)7-10-6-12(14(16)17)18-8-10/h6,8-9,11,15H,2-5,7H2,1H3. The van der Waals surface area contributed by atoms with Gasteiger partial charge in [0.25, 0.3) is 0 Å². The Labute approximate surface area is 110 Å². The second-order valence-corrected chi connectivity index (χ2v) is 5.79. The first-order valence-electron chi connectivity index (χ1n) is 6.18. The number of likely N-dealkylation sites (tertiary alicyclic amines) is 1. The molecule has 1 aromatic heterocycles. The first-order chi connectivity index (χ1) is 8.56. The molecular weight excluding hydrogens is 252 g/mol. The zero-order valence-electron chi connectivity index (χ0n) is 10.4. The maximum Gasteiger partial charge on any atom is 0.324 e. The molecule has 2 heterocycles. The van der Waals surface area contributed by atoms with E-state index in [1.54, 1.807) is 6.07 Å². The van der Waals surface area contributed by atoms with Crippen molar-refractivity contribution in [3.8, 4) is 0 Å². The van der Waals surface area contributed by atoms with Crippen molar-refractivity contribution in [1.29, 1.82) is 0 Å². The Balaban J connectivity index is 1.85. The smallest absolute Gasteiger partial charge is 0.324 e. The van der Waals surface area contributed by atoms with Crippen molar-refractivity contribution < 1.29 is 10.0 Å². The second kappa shape index (κ2) is 5.77. The van der Waals surface area contributed by atoms with Crippen LogP contribution in [-0.2, 0) is 6.54 Å². The average Bonchev–Trinajstić information content (AvgIpc) is 2.78. The Bertz CT molecular complexity index is 411. The predicted octanol–water partition coefficient (Wildman–Crippen LogP) is 2.25. The minimum absolute atomic E-state index is 0.212. The Hall–Kier alpha value is -0.980. The lowest BCUT2D eigenvalue weighted by Crippen LogP contribution is -2.36. The van der Waals surface area contributed by atoms with Gasteiger partial charge in [-0.1, -0.05) is 11.3 Å². The molecule has 1 aliphatic rings. The van der Waals surface area contributed by atoms with Gasteiger partial charge >= 0.3 is 5.00 Å². The lowest BCUT2D eigenvalue weighted by molar-refractivity contribution is -0.380. The Morgan fingerprint density at radius 2 is 2.28 bits per heavy atom. The third-order valence-electron chi connectivity index (χ3n) is 3.54. The number of nitro groups is 1. The zero-order chi connectivity index (χ0) is 13.1. The Kier molecular flexibility index (Phi) is 4.31. The lowest BCUT2D eigenvalue weighted by atomic mass is 9.92. The topological polar surface area (TPSA) is 66.6 Å². The monoisotopic (exact) mass is 270 g/mol. The Morgan fingerprint density at radius 1 is 1.61 bits per heavy atom. The van der Waals surface area contributed by atoms with Crippen LogP contribution in [0.15, 0.2) is 11.4 Å². The Morgan fingerprint density at radius 3 is 2.78 bits per heavy atom. The van der Waals surface area contributed by atoms with E-state index in [2.05, 4.69) is 4.90 Å². The molecule has 1 unspecified atom stereocenters. The van der Waals surface area contributed by atoms with Crippen LogP contribution in [-0.4, -0.2) is 34.1 Å². The SMILES string of the molecule is CC(O)C1CCN(Cc2csc([N+](=O)[O-])c2)CC1. The van der Waals surface area contributed by atoms with E-state index in [-0.39, 0.29) is 16.0 Å². The number of rotatable bonds is 4. The van der Waals surface area contributed by atoms with Gasteiger partial charge in [0, 0.05) is 18.0 Å². The zero-order valence-corrected chi connectivity index (χ0v) is 11.2. The van der Waals surface area contributed by atoms with E-state index in [0.717, 1.165) is 38.0 Å². The number of nitrogens with zero attached hydrogens (tertiary/aromatic N) is 2. The molecule has 1 fully saturated rings. The summed E-state index contributed by atoms with van der Waals surface area (Å²) in [5, 5.41) is 22.2. The number of aliphatic hydroxyl groups is 1. The fourth-order valence-corrected chi connectivity index (χ4v) is 3.11. The van der Waals surface area contributed by atoms with Crippen LogP contribution in [0.5, 0.6) is 0 Å². The molecule has 100 valence electrons. The van der Waals surface area contributed by atoms with E-state index < -0.39 is 0 Å². The molecular formula is C12H18N2O3S. The van der Waals surface area contributed by atoms with Crippen LogP contribution >= 0.6 is 11.3 Å². The largest absolute Gasteiger partial charge is 0.393 e. The van der Waals surface area contributed by atoms with E-state index in [4.69, 9.17) is 0 Å². The molecule has 0 bridgehead atoms. The second-order valence-electron chi connectivity index (χ2n) is 4.90. The minimum Gasteiger partial charge on any atom is -0.393 e. The van der Waals surface area contributed by atoms with Gasteiger partial charge in [-0.15, -0.1) is 0 Å². The van der Waals surface area contributed by atoms with E-state index in [1.807, 2.05) is 12.3 Å². The van der Waals surface area contributed by atoms with Gasteiger partial charge in [0.2, 0.25) is 0 Å². The van der Waals surface area contributed by atoms with E-state index in [9.17, 15) is 15.2 Å². The molecule has 1 aliphatic heterocycles. The van der Waals surface area contributed by atoms with Crippen LogP contribution in [0.4, 0.5) is 5.00 Å². The van der Waals surface area contributed by atoms with E-state index >= 15 is 0 Å². The molecule has 18 heavy (non-hydrogen) atoms. The van der Waals surface area contributed by atoms with Gasteiger partial charge in [0.05, 0.1) is 11.0 Å². The molecule has 1 aromatic rings. The van der Waals surface area contributed by atoms with Crippen molar-refractivity contribution in [2.45, 2.75) is 32.4 Å². The highest BCUT2D eigenvalue weighted by Crippen LogP contribution is 2.26. The van der Waals surface area contributed by atoms with Crippen molar-refractivity contribution in [2.24, 2.45) is 5.92 Å². The summed E-state index contributed by atoms with van der Waals surface area (Å²) in [4.78, 5) is 12.6.